The Morgan fingerprint density at radius 3 is 2.43 bits per heavy atom. The molecule has 0 spiro atoms. The Morgan fingerprint density at radius 2 is 1.71 bits per heavy atom. The first-order chi connectivity index (χ1) is 13.5. The molecule has 0 radical (unpaired) electrons. The molecule has 2 amide bonds. The van der Waals surface area contributed by atoms with Gasteiger partial charge in [-0.25, -0.2) is 4.39 Å². The lowest BCUT2D eigenvalue weighted by Gasteiger charge is -2.13. The van der Waals surface area contributed by atoms with Crippen molar-refractivity contribution in [3.05, 3.63) is 66.0 Å². The van der Waals surface area contributed by atoms with E-state index in [4.69, 9.17) is 4.74 Å². The fourth-order valence-corrected chi connectivity index (χ4v) is 3.05. The van der Waals surface area contributed by atoms with Crippen molar-refractivity contribution in [1.29, 1.82) is 0 Å². The summed E-state index contributed by atoms with van der Waals surface area (Å²) in [4.78, 5) is 23.6. The molecule has 0 aliphatic rings. The Morgan fingerprint density at radius 1 is 1.04 bits per heavy atom. The van der Waals surface area contributed by atoms with E-state index in [0.717, 1.165) is 12.0 Å². The Bertz CT molecular complexity index is 741. The van der Waals surface area contributed by atoms with Crippen molar-refractivity contribution in [1.82, 2.24) is 5.32 Å². The number of halogens is 1. The molecule has 2 aromatic carbocycles. The molecule has 1 unspecified atom stereocenters. The second-order valence-corrected chi connectivity index (χ2v) is 7.16. The molecular weight excluding hydrogens is 379 g/mol. The molecule has 0 fully saturated rings. The van der Waals surface area contributed by atoms with E-state index in [-0.39, 0.29) is 35.2 Å². The van der Waals surface area contributed by atoms with Crippen LogP contribution >= 0.6 is 11.8 Å². The van der Waals surface area contributed by atoms with Crippen molar-refractivity contribution in [3.63, 3.8) is 0 Å². The number of nitrogens with one attached hydrogen (secondary N) is 2. The molecule has 2 aromatic rings. The molecule has 0 saturated heterocycles. The maximum Gasteiger partial charge on any atom is 0.234 e. The first-order valence-corrected chi connectivity index (χ1v) is 10.3. The van der Waals surface area contributed by atoms with Crippen molar-refractivity contribution < 1.29 is 18.7 Å². The van der Waals surface area contributed by atoms with Crippen molar-refractivity contribution in [2.24, 2.45) is 0 Å². The van der Waals surface area contributed by atoms with Crippen LogP contribution in [0.25, 0.3) is 0 Å². The quantitative estimate of drug-likeness (QED) is 0.560. The summed E-state index contributed by atoms with van der Waals surface area (Å²) in [5.74, 6) is -0.340. The number of thioether (sulfide) groups is 1. The number of hydrogen-bond donors (Lipinski definition) is 2. The highest BCUT2D eigenvalue weighted by atomic mass is 32.2. The van der Waals surface area contributed by atoms with E-state index in [0.29, 0.717) is 18.8 Å². The highest BCUT2D eigenvalue weighted by molar-refractivity contribution is 8.00. The van der Waals surface area contributed by atoms with E-state index in [1.807, 2.05) is 37.3 Å². The number of carbonyl (C=O) groups is 2. The Kier molecular flexibility index (Phi) is 9.51. The van der Waals surface area contributed by atoms with Gasteiger partial charge in [0.2, 0.25) is 11.8 Å². The molecule has 28 heavy (non-hydrogen) atoms. The predicted octanol–water partition coefficient (Wildman–Crippen LogP) is 3.78. The van der Waals surface area contributed by atoms with E-state index in [9.17, 15) is 14.0 Å². The third-order valence-corrected chi connectivity index (χ3v) is 4.81. The van der Waals surface area contributed by atoms with Crippen molar-refractivity contribution in [2.45, 2.75) is 19.4 Å². The van der Waals surface area contributed by atoms with E-state index in [2.05, 4.69) is 10.6 Å². The van der Waals surface area contributed by atoms with Crippen molar-refractivity contribution >= 4 is 29.3 Å². The van der Waals surface area contributed by atoms with Gasteiger partial charge in [-0.2, -0.15) is 0 Å². The summed E-state index contributed by atoms with van der Waals surface area (Å²) >= 11 is 1.23. The number of carbonyl (C=O) groups excluding carboxylic acids is 2. The molecule has 0 aliphatic heterocycles. The lowest BCUT2D eigenvalue weighted by Crippen LogP contribution is -2.27. The maximum absolute atomic E-state index is 12.8. The zero-order valence-corrected chi connectivity index (χ0v) is 16.6. The van der Waals surface area contributed by atoms with Crippen LogP contribution in [0.1, 0.15) is 25.0 Å². The van der Waals surface area contributed by atoms with Gasteiger partial charge in [-0.3, -0.25) is 9.59 Å². The van der Waals surface area contributed by atoms with Crippen LogP contribution in [-0.2, 0) is 14.3 Å². The number of ether oxygens (including phenoxy) is 1. The maximum atomic E-state index is 12.8. The van der Waals surface area contributed by atoms with E-state index in [1.165, 1.54) is 36.0 Å². The molecule has 0 aliphatic carbocycles. The first kappa shape index (κ1) is 21.9. The lowest BCUT2D eigenvalue weighted by molar-refractivity contribution is -0.118. The Balaban J connectivity index is 1.50. The molecule has 1 atom stereocenters. The summed E-state index contributed by atoms with van der Waals surface area (Å²) in [5.41, 5.74) is 1.66. The predicted molar refractivity (Wildman–Crippen MR) is 111 cm³/mol. The molecule has 0 aromatic heterocycles. The number of hydrogen-bond acceptors (Lipinski definition) is 4. The van der Waals surface area contributed by atoms with Gasteiger partial charge in [-0.15, -0.1) is 11.8 Å². The average molecular weight is 405 g/mol. The van der Waals surface area contributed by atoms with Crippen molar-refractivity contribution in [2.75, 3.05) is 30.0 Å². The third-order valence-electron chi connectivity index (χ3n) is 3.87. The van der Waals surface area contributed by atoms with Crippen molar-refractivity contribution in [3.8, 4) is 0 Å². The monoisotopic (exact) mass is 404 g/mol. The van der Waals surface area contributed by atoms with Crippen LogP contribution in [0.15, 0.2) is 54.6 Å². The minimum absolute atomic E-state index is 0.0204. The number of amides is 2. The van der Waals surface area contributed by atoms with E-state index >= 15 is 0 Å². The molecule has 150 valence electrons. The molecule has 5 nitrogen and oxygen atoms in total. The summed E-state index contributed by atoms with van der Waals surface area (Å²) in [6, 6.07) is 15.5. The second-order valence-electron chi connectivity index (χ2n) is 6.18. The van der Waals surface area contributed by atoms with Crippen LogP contribution in [0, 0.1) is 5.82 Å². The van der Waals surface area contributed by atoms with Crippen LogP contribution in [0.5, 0.6) is 0 Å². The van der Waals surface area contributed by atoms with Crippen LogP contribution in [0.2, 0.25) is 0 Å². The molecule has 2 N–H and O–H groups in total. The second kappa shape index (κ2) is 12.2. The van der Waals surface area contributed by atoms with Crippen LogP contribution in [0.4, 0.5) is 10.1 Å². The minimum Gasteiger partial charge on any atom is -0.374 e. The fourth-order valence-electron chi connectivity index (χ4n) is 2.40. The van der Waals surface area contributed by atoms with Crippen LogP contribution in [0.3, 0.4) is 0 Å². The highest BCUT2D eigenvalue weighted by Gasteiger charge is 2.07. The van der Waals surface area contributed by atoms with Gasteiger partial charge >= 0.3 is 0 Å². The highest BCUT2D eigenvalue weighted by Crippen LogP contribution is 2.15. The van der Waals surface area contributed by atoms with Gasteiger partial charge < -0.3 is 15.4 Å². The SMILES string of the molecule is CC(OCCCNC(=O)CSCC(=O)Nc1ccc(F)cc1)c1ccccc1. The normalized spacial score (nSPS) is 11.6. The topological polar surface area (TPSA) is 67.4 Å². The molecule has 0 saturated carbocycles. The van der Waals surface area contributed by atoms with Crippen LogP contribution < -0.4 is 10.6 Å². The Hall–Kier alpha value is -2.38. The van der Waals surface area contributed by atoms with Crippen LogP contribution in [-0.4, -0.2) is 36.5 Å². The minimum atomic E-state index is -0.357. The molecule has 0 bridgehead atoms. The smallest absolute Gasteiger partial charge is 0.234 e. The van der Waals surface area contributed by atoms with Gasteiger partial charge in [0.1, 0.15) is 5.82 Å². The summed E-state index contributed by atoms with van der Waals surface area (Å²) in [6.07, 6.45) is 0.741. The van der Waals surface area contributed by atoms with Gasteiger partial charge in [-0.1, -0.05) is 30.3 Å². The average Bonchev–Trinajstić information content (AvgIpc) is 2.70. The number of rotatable bonds is 11. The van der Waals surface area contributed by atoms with E-state index in [1.54, 1.807) is 0 Å². The number of anilines is 1. The lowest BCUT2D eigenvalue weighted by atomic mass is 10.1. The molecule has 7 heteroatoms. The molecule has 2 rings (SSSR count). The summed E-state index contributed by atoms with van der Waals surface area (Å²) in [5, 5.41) is 5.46. The summed E-state index contributed by atoms with van der Waals surface area (Å²) in [6.45, 7) is 3.09. The fraction of sp³-hybridized carbons (Fsp3) is 0.333. The standard InChI is InChI=1S/C21H25FN2O3S/c1-16(17-6-3-2-4-7-17)27-13-5-12-23-20(25)14-28-15-21(26)24-19-10-8-18(22)9-11-19/h2-4,6-11,16H,5,12-15H2,1H3,(H,23,25)(H,24,26). The third kappa shape index (κ3) is 8.54. The largest absolute Gasteiger partial charge is 0.374 e. The zero-order valence-electron chi connectivity index (χ0n) is 15.8. The Labute approximate surface area is 169 Å². The van der Waals surface area contributed by atoms with Gasteiger partial charge in [0, 0.05) is 18.8 Å². The summed E-state index contributed by atoms with van der Waals surface area (Å²) < 4.78 is 18.6. The number of benzene rings is 2. The summed E-state index contributed by atoms with van der Waals surface area (Å²) in [7, 11) is 0. The van der Waals surface area contributed by atoms with Gasteiger partial charge in [0.25, 0.3) is 0 Å². The van der Waals surface area contributed by atoms with Gasteiger partial charge in [0.15, 0.2) is 0 Å². The zero-order chi connectivity index (χ0) is 20.2. The van der Waals surface area contributed by atoms with Gasteiger partial charge in [0.05, 0.1) is 17.6 Å². The molecular formula is C21H25FN2O3S. The van der Waals surface area contributed by atoms with E-state index < -0.39 is 0 Å². The van der Waals surface area contributed by atoms with Gasteiger partial charge in [-0.05, 0) is 43.2 Å². The molecule has 0 heterocycles. The first-order valence-electron chi connectivity index (χ1n) is 9.11.